The van der Waals surface area contributed by atoms with Crippen LogP contribution in [0.2, 0.25) is 0 Å². The van der Waals surface area contributed by atoms with Crippen molar-refractivity contribution in [2.75, 3.05) is 0 Å². The zero-order valence-corrected chi connectivity index (χ0v) is 9.87. The van der Waals surface area contributed by atoms with Gasteiger partial charge in [-0.2, -0.15) is 8.78 Å². The van der Waals surface area contributed by atoms with Crippen molar-refractivity contribution in [1.29, 1.82) is 0 Å². The van der Waals surface area contributed by atoms with Gasteiger partial charge in [-0.25, -0.2) is 9.67 Å². The molecule has 0 aromatic carbocycles. The molecular weight excluding hydrogens is 242 g/mol. The average Bonchev–Trinajstić information content (AvgIpc) is 2.97. The molecule has 0 aliphatic heterocycles. The van der Waals surface area contributed by atoms with Crippen molar-refractivity contribution in [3.05, 3.63) is 30.1 Å². The Balaban J connectivity index is 2.14. The summed E-state index contributed by atoms with van der Waals surface area (Å²) in [5.41, 5.74) is 6.45. The largest absolute Gasteiger partial charge is 0.323 e. The lowest BCUT2D eigenvalue weighted by Crippen LogP contribution is -2.10. The number of aromatic nitrogens is 5. The molecule has 8 heteroatoms. The molecule has 0 aliphatic carbocycles. The third-order valence-corrected chi connectivity index (χ3v) is 2.64. The summed E-state index contributed by atoms with van der Waals surface area (Å²) in [5.74, 6) is 0.228. The van der Waals surface area contributed by atoms with E-state index in [1.807, 2.05) is 6.92 Å². The number of nitrogens with two attached hydrogens (primary N) is 1. The SMILES string of the molecule is CCC(N)c1cn(Cc2nccn2C(F)F)nn1. The summed E-state index contributed by atoms with van der Waals surface area (Å²) in [5, 5.41) is 7.75. The first kappa shape index (κ1) is 12.6. The lowest BCUT2D eigenvalue weighted by molar-refractivity contribution is 0.0665. The van der Waals surface area contributed by atoms with Crippen LogP contribution in [0.15, 0.2) is 18.6 Å². The molecule has 0 spiro atoms. The Morgan fingerprint density at radius 3 is 2.89 bits per heavy atom. The van der Waals surface area contributed by atoms with Crippen LogP contribution in [0.5, 0.6) is 0 Å². The second-order valence-corrected chi connectivity index (χ2v) is 3.88. The summed E-state index contributed by atoms with van der Waals surface area (Å²) in [6.07, 6.45) is 4.95. The number of hydrogen-bond acceptors (Lipinski definition) is 4. The number of nitrogens with zero attached hydrogens (tertiary/aromatic N) is 5. The first-order valence-corrected chi connectivity index (χ1v) is 5.57. The Kier molecular flexibility index (Phi) is 3.66. The number of alkyl halides is 2. The lowest BCUT2D eigenvalue weighted by atomic mass is 10.2. The van der Waals surface area contributed by atoms with Gasteiger partial charge in [-0.05, 0) is 6.42 Å². The minimum absolute atomic E-state index is 0.140. The molecule has 0 fully saturated rings. The highest BCUT2D eigenvalue weighted by Gasteiger charge is 2.13. The summed E-state index contributed by atoms with van der Waals surface area (Å²) >= 11 is 0. The smallest absolute Gasteiger partial charge is 0.319 e. The lowest BCUT2D eigenvalue weighted by Gasteiger charge is -2.05. The van der Waals surface area contributed by atoms with Crippen molar-refractivity contribution in [2.45, 2.75) is 32.5 Å². The van der Waals surface area contributed by atoms with Crippen LogP contribution in [0.4, 0.5) is 8.78 Å². The van der Waals surface area contributed by atoms with E-state index in [0.717, 1.165) is 11.0 Å². The third kappa shape index (κ3) is 2.53. The number of hydrogen-bond donors (Lipinski definition) is 1. The number of rotatable bonds is 5. The molecule has 0 saturated heterocycles. The molecule has 6 nitrogen and oxygen atoms in total. The van der Waals surface area contributed by atoms with Crippen molar-refractivity contribution >= 4 is 0 Å². The van der Waals surface area contributed by atoms with E-state index in [1.165, 1.54) is 17.1 Å². The summed E-state index contributed by atoms with van der Waals surface area (Å²) in [6.45, 7) is -0.531. The van der Waals surface area contributed by atoms with Gasteiger partial charge in [-0.3, -0.25) is 4.57 Å². The van der Waals surface area contributed by atoms with Gasteiger partial charge in [-0.1, -0.05) is 12.1 Å². The molecule has 0 radical (unpaired) electrons. The second kappa shape index (κ2) is 5.21. The third-order valence-electron chi connectivity index (χ3n) is 2.64. The molecule has 1 unspecified atom stereocenters. The molecule has 98 valence electrons. The van der Waals surface area contributed by atoms with Crippen LogP contribution >= 0.6 is 0 Å². The number of halogens is 2. The van der Waals surface area contributed by atoms with E-state index in [1.54, 1.807) is 6.20 Å². The van der Waals surface area contributed by atoms with E-state index in [2.05, 4.69) is 15.3 Å². The van der Waals surface area contributed by atoms with Gasteiger partial charge in [0.2, 0.25) is 0 Å². The van der Waals surface area contributed by atoms with Gasteiger partial charge >= 0.3 is 6.55 Å². The molecule has 2 aromatic heterocycles. The van der Waals surface area contributed by atoms with Crippen LogP contribution < -0.4 is 5.73 Å². The zero-order valence-electron chi connectivity index (χ0n) is 9.87. The van der Waals surface area contributed by atoms with Gasteiger partial charge in [0.25, 0.3) is 0 Å². The fourth-order valence-electron chi connectivity index (χ4n) is 1.56. The molecular formula is C10H14F2N6. The Morgan fingerprint density at radius 1 is 1.44 bits per heavy atom. The minimum atomic E-state index is -2.61. The van der Waals surface area contributed by atoms with Gasteiger partial charge in [-0.15, -0.1) is 5.10 Å². The van der Waals surface area contributed by atoms with Crippen LogP contribution in [0, 0.1) is 0 Å². The van der Waals surface area contributed by atoms with Crippen molar-refractivity contribution in [1.82, 2.24) is 24.5 Å². The predicted octanol–water partition coefficient (Wildman–Crippen LogP) is 1.33. The van der Waals surface area contributed by atoms with Crippen LogP contribution in [-0.4, -0.2) is 24.5 Å². The molecule has 2 aromatic rings. The van der Waals surface area contributed by atoms with E-state index < -0.39 is 6.55 Å². The first-order valence-electron chi connectivity index (χ1n) is 5.57. The Hall–Kier alpha value is -1.83. The monoisotopic (exact) mass is 256 g/mol. The van der Waals surface area contributed by atoms with E-state index in [0.29, 0.717) is 5.69 Å². The van der Waals surface area contributed by atoms with Crippen molar-refractivity contribution in [3.8, 4) is 0 Å². The Bertz CT molecular complexity index is 506. The van der Waals surface area contributed by atoms with Crippen molar-refractivity contribution in [2.24, 2.45) is 5.73 Å². The van der Waals surface area contributed by atoms with E-state index in [9.17, 15) is 8.78 Å². The van der Waals surface area contributed by atoms with Crippen molar-refractivity contribution in [3.63, 3.8) is 0 Å². The zero-order chi connectivity index (χ0) is 13.1. The molecule has 2 N–H and O–H groups in total. The summed E-state index contributed by atoms with van der Waals surface area (Å²) in [7, 11) is 0. The summed E-state index contributed by atoms with van der Waals surface area (Å²) in [4.78, 5) is 3.87. The van der Waals surface area contributed by atoms with Crippen LogP contribution in [0.25, 0.3) is 0 Å². The van der Waals surface area contributed by atoms with Gasteiger partial charge in [0.1, 0.15) is 12.4 Å². The standard InChI is InChI=1S/C10H14F2N6/c1-2-7(13)8-5-17(16-15-8)6-9-14-3-4-18(9)10(11)12/h3-5,7,10H,2,6,13H2,1H3. The quantitative estimate of drug-likeness (QED) is 0.875. The maximum absolute atomic E-state index is 12.6. The second-order valence-electron chi connectivity index (χ2n) is 3.88. The molecule has 1 atom stereocenters. The molecule has 0 aliphatic rings. The van der Waals surface area contributed by atoms with E-state index in [4.69, 9.17) is 5.73 Å². The molecule has 2 heterocycles. The van der Waals surface area contributed by atoms with Crippen LogP contribution in [-0.2, 0) is 6.54 Å². The van der Waals surface area contributed by atoms with Gasteiger partial charge < -0.3 is 5.73 Å². The molecule has 2 rings (SSSR count). The first-order chi connectivity index (χ1) is 8.61. The molecule has 0 amide bonds. The Morgan fingerprint density at radius 2 is 2.22 bits per heavy atom. The van der Waals surface area contributed by atoms with Crippen LogP contribution in [0.1, 0.15) is 37.5 Å². The van der Waals surface area contributed by atoms with Gasteiger partial charge in [0.05, 0.1) is 17.9 Å². The number of imidazole rings is 1. The molecule has 0 bridgehead atoms. The maximum Gasteiger partial charge on any atom is 0.319 e. The van der Waals surface area contributed by atoms with E-state index >= 15 is 0 Å². The summed E-state index contributed by atoms with van der Waals surface area (Å²) < 4.78 is 27.5. The minimum Gasteiger partial charge on any atom is -0.323 e. The Labute approximate surface area is 102 Å². The van der Waals surface area contributed by atoms with Gasteiger partial charge in [0, 0.05) is 12.4 Å². The maximum atomic E-state index is 12.6. The van der Waals surface area contributed by atoms with Crippen molar-refractivity contribution < 1.29 is 8.78 Å². The predicted molar refractivity (Wildman–Crippen MR) is 59.8 cm³/mol. The highest BCUT2D eigenvalue weighted by molar-refractivity contribution is 5.01. The highest BCUT2D eigenvalue weighted by atomic mass is 19.3. The average molecular weight is 256 g/mol. The fourth-order valence-corrected chi connectivity index (χ4v) is 1.56. The summed E-state index contributed by atoms with van der Waals surface area (Å²) in [6, 6.07) is -0.186. The molecule has 0 saturated carbocycles. The highest BCUT2D eigenvalue weighted by Crippen LogP contribution is 2.14. The normalized spacial score (nSPS) is 13.2. The topological polar surface area (TPSA) is 74.6 Å². The van der Waals surface area contributed by atoms with Gasteiger partial charge in [0.15, 0.2) is 0 Å². The molecule has 18 heavy (non-hydrogen) atoms. The fraction of sp³-hybridized carbons (Fsp3) is 0.500. The van der Waals surface area contributed by atoms with E-state index in [-0.39, 0.29) is 18.4 Å². The van der Waals surface area contributed by atoms with Crippen LogP contribution in [0.3, 0.4) is 0 Å².